The quantitative estimate of drug-likeness (QED) is 0.675. The van der Waals surface area contributed by atoms with E-state index in [1.165, 1.54) is 6.42 Å². The van der Waals surface area contributed by atoms with Gasteiger partial charge in [0.2, 0.25) is 5.91 Å². The van der Waals surface area contributed by atoms with Crippen LogP contribution in [0.4, 0.5) is 0 Å². The Bertz CT molecular complexity index is 201. The molecule has 1 unspecified atom stereocenters. The number of nitrogens with zero attached hydrogens (tertiary/aromatic N) is 1. The third kappa shape index (κ3) is 4.23. The van der Waals surface area contributed by atoms with Crippen LogP contribution in [0, 0.1) is 0 Å². The van der Waals surface area contributed by atoms with Gasteiger partial charge >= 0.3 is 0 Å². The average molecular weight is 250 g/mol. The molecule has 1 aliphatic rings. The summed E-state index contributed by atoms with van der Waals surface area (Å²) >= 11 is 7.42. The van der Waals surface area contributed by atoms with Gasteiger partial charge in [0.25, 0.3) is 0 Å². The number of hydrogen-bond acceptors (Lipinski definition) is 2. The maximum absolute atomic E-state index is 11.9. The van der Waals surface area contributed by atoms with Crippen molar-refractivity contribution in [2.24, 2.45) is 0 Å². The highest BCUT2D eigenvalue weighted by molar-refractivity contribution is 7.98. The summed E-state index contributed by atoms with van der Waals surface area (Å²) < 4.78 is 0. The van der Waals surface area contributed by atoms with Gasteiger partial charge in [-0.25, -0.2) is 0 Å². The highest BCUT2D eigenvalue weighted by Crippen LogP contribution is 2.22. The molecule has 0 aromatic heterocycles. The van der Waals surface area contributed by atoms with Crippen LogP contribution >= 0.6 is 23.4 Å². The van der Waals surface area contributed by atoms with Crippen molar-refractivity contribution >= 4 is 29.3 Å². The van der Waals surface area contributed by atoms with Crippen molar-refractivity contribution in [2.75, 3.05) is 24.4 Å². The van der Waals surface area contributed by atoms with Gasteiger partial charge in [0.05, 0.1) is 0 Å². The van der Waals surface area contributed by atoms with Crippen LogP contribution in [0.3, 0.4) is 0 Å². The van der Waals surface area contributed by atoms with Crippen molar-refractivity contribution in [1.82, 2.24) is 4.90 Å². The monoisotopic (exact) mass is 249 g/mol. The van der Waals surface area contributed by atoms with E-state index in [0.717, 1.165) is 31.6 Å². The first-order valence-corrected chi connectivity index (χ1v) is 7.56. The van der Waals surface area contributed by atoms with Crippen LogP contribution in [0.1, 0.15) is 32.1 Å². The fourth-order valence-electron chi connectivity index (χ4n) is 2.11. The molecule has 1 amide bonds. The van der Waals surface area contributed by atoms with E-state index in [1.807, 2.05) is 6.26 Å². The Kier molecular flexibility index (Phi) is 6.50. The van der Waals surface area contributed by atoms with E-state index in [2.05, 4.69) is 4.90 Å². The van der Waals surface area contributed by atoms with Crippen LogP contribution in [0.25, 0.3) is 0 Å². The summed E-state index contributed by atoms with van der Waals surface area (Å²) in [5.74, 6) is 1.99. The number of amides is 1. The molecule has 0 aromatic rings. The minimum atomic E-state index is 0.335. The van der Waals surface area contributed by atoms with Crippen molar-refractivity contribution in [3.05, 3.63) is 0 Å². The summed E-state index contributed by atoms with van der Waals surface area (Å²) in [6.45, 7) is 0.958. The number of likely N-dealkylation sites (tertiary alicyclic amines) is 1. The summed E-state index contributed by atoms with van der Waals surface area (Å²) in [5.41, 5.74) is 0. The molecule has 1 rings (SSSR count). The molecule has 2 nitrogen and oxygen atoms in total. The highest BCUT2D eigenvalue weighted by Gasteiger charge is 2.27. The van der Waals surface area contributed by atoms with Gasteiger partial charge in [0, 0.05) is 30.6 Å². The van der Waals surface area contributed by atoms with Gasteiger partial charge in [-0.2, -0.15) is 11.8 Å². The Morgan fingerprint density at radius 2 is 2.40 bits per heavy atom. The van der Waals surface area contributed by atoms with Gasteiger partial charge in [0.15, 0.2) is 0 Å². The van der Waals surface area contributed by atoms with Crippen LogP contribution in [-0.2, 0) is 4.79 Å². The van der Waals surface area contributed by atoms with E-state index >= 15 is 0 Å². The van der Waals surface area contributed by atoms with E-state index < -0.39 is 0 Å². The molecule has 1 heterocycles. The number of carbonyl (C=O) groups is 1. The second-order valence-corrected chi connectivity index (χ2v) is 5.32. The summed E-state index contributed by atoms with van der Waals surface area (Å²) in [7, 11) is 0. The zero-order valence-corrected chi connectivity index (χ0v) is 10.9. The lowest BCUT2D eigenvalue weighted by Gasteiger charge is -2.24. The summed E-state index contributed by atoms with van der Waals surface area (Å²) in [5, 5.41) is 0. The predicted octanol–water partition coefficient (Wildman–Crippen LogP) is 2.75. The second kappa shape index (κ2) is 7.39. The number of hydrogen-bond donors (Lipinski definition) is 0. The summed E-state index contributed by atoms with van der Waals surface area (Å²) in [6, 6.07) is 0.470. The minimum absolute atomic E-state index is 0.335. The molecule has 0 spiro atoms. The normalized spacial score (nSPS) is 20.9. The highest BCUT2D eigenvalue weighted by atomic mass is 35.5. The first-order chi connectivity index (χ1) is 7.29. The molecule has 0 radical (unpaired) electrons. The molecule has 88 valence electrons. The van der Waals surface area contributed by atoms with Crippen molar-refractivity contribution in [1.29, 1.82) is 0 Å². The molecule has 1 saturated heterocycles. The Labute approximate surface area is 102 Å². The van der Waals surface area contributed by atoms with Crippen LogP contribution < -0.4 is 0 Å². The van der Waals surface area contributed by atoms with Gasteiger partial charge in [-0.3, -0.25) is 4.79 Å². The maximum atomic E-state index is 11.9. The third-order valence-electron chi connectivity index (χ3n) is 2.89. The lowest BCUT2D eigenvalue weighted by atomic mass is 10.1. The predicted molar refractivity (Wildman–Crippen MR) is 67.7 cm³/mol. The van der Waals surface area contributed by atoms with Gasteiger partial charge < -0.3 is 4.90 Å². The Balaban J connectivity index is 2.34. The summed E-state index contributed by atoms with van der Waals surface area (Å²) in [4.78, 5) is 13.9. The molecule has 1 aliphatic heterocycles. The topological polar surface area (TPSA) is 20.3 Å². The molecule has 1 fully saturated rings. The zero-order chi connectivity index (χ0) is 11.1. The number of halogens is 1. The van der Waals surface area contributed by atoms with Crippen molar-refractivity contribution in [3.8, 4) is 0 Å². The molecule has 15 heavy (non-hydrogen) atoms. The molecule has 0 N–H and O–H groups in total. The Morgan fingerprint density at radius 1 is 1.60 bits per heavy atom. The molecular formula is C11H20ClNOS. The Hall–Kier alpha value is 0.110. The van der Waals surface area contributed by atoms with Gasteiger partial charge in [-0.1, -0.05) is 0 Å². The molecule has 0 aromatic carbocycles. The maximum Gasteiger partial charge on any atom is 0.223 e. The number of thioether (sulfide) groups is 1. The molecule has 0 aliphatic carbocycles. The molecule has 4 heteroatoms. The Morgan fingerprint density at radius 3 is 3.07 bits per heavy atom. The summed E-state index contributed by atoms with van der Waals surface area (Å²) in [6.07, 6.45) is 7.17. The van der Waals surface area contributed by atoms with E-state index in [4.69, 9.17) is 11.6 Å². The molecule has 1 atom stereocenters. The first-order valence-electron chi connectivity index (χ1n) is 5.64. The van der Waals surface area contributed by atoms with Crippen LogP contribution in [0.15, 0.2) is 0 Å². The van der Waals surface area contributed by atoms with E-state index in [1.54, 1.807) is 11.8 Å². The van der Waals surface area contributed by atoms with Crippen LogP contribution in [-0.4, -0.2) is 41.3 Å². The largest absolute Gasteiger partial charge is 0.340 e. The van der Waals surface area contributed by atoms with E-state index in [9.17, 15) is 4.79 Å². The van der Waals surface area contributed by atoms with E-state index in [-0.39, 0.29) is 0 Å². The average Bonchev–Trinajstić information content (AvgIpc) is 2.71. The SMILES string of the molecule is CSCCC(=O)N1CCCC1CCCCl. The second-order valence-electron chi connectivity index (χ2n) is 3.96. The number of alkyl halides is 1. The molecule has 0 saturated carbocycles. The molecular weight excluding hydrogens is 230 g/mol. The fourth-order valence-corrected chi connectivity index (χ4v) is 2.64. The van der Waals surface area contributed by atoms with Gasteiger partial charge in [0.1, 0.15) is 0 Å². The third-order valence-corrected chi connectivity index (χ3v) is 3.77. The van der Waals surface area contributed by atoms with Gasteiger partial charge in [-0.15, -0.1) is 11.6 Å². The van der Waals surface area contributed by atoms with Crippen LogP contribution in [0.5, 0.6) is 0 Å². The van der Waals surface area contributed by atoms with Gasteiger partial charge in [-0.05, 0) is 31.9 Å². The van der Waals surface area contributed by atoms with Crippen molar-refractivity contribution < 1.29 is 4.79 Å². The van der Waals surface area contributed by atoms with Crippen molar-refractivity contribution in [3.63, 3.8) is 0 Å². The smallest absolute Gasteiger partial charge is 0.223 e. The first kappa shape index (κ1) is 13.2. The lowest BCUT2D eigenvalue weighted by Crippen LogP contribution is -2.35. The molecule has 0 bridgehead atoms. The number of rotatable bonds is 6. The van der Waals surface area contributed by atoms with Crippen molar-refractivity contribution in [2.45, 2.75) is 38.1 Å². The van der Waals surface area contributed by atoms with E-state index in [0.29, 0.717) is 24.2 Å². The fraction of sp³-hybridized carbons (Fsp3) is 0.909. The zero-order valence-electron chi connectivity index (χ0n) is 9.38. The standard InChI is InChI=1S/C11H20ClNOS/c1-15-9-6-11(14)13-8-3-5-10(13)4-2-7-12/h10H,2-9H2,1H3. The minimum Gasteiger partial charge on any atom is -0.340 e. The lowest BCUT2D eigenvalue weighted by molar-refractivity contribution is -0.131. The van der Waals surface area contributed by atoms with Crippen LogP contribution in [0.2, 0.25) is 0 Å². The number of carbonyl (C=O) groups excluding carboxylic acids is 1.